The van der Waals surface area contributed by atoms with E-state index in [0.29, 0.717) is 0 Å². The molecule has 0 bridgehead atoms. The summed E-state index contributed by atoms with van der Waals surface area (Å²) < 4.78 is 10.4. The van der Waals surface area contributed by atoms with Crippen LogP contribution in [-0.4, -0.2) is 52.4 Å². The van der Waals surface area contributed by atoms with Crippen molar-refractivity contribution in [3.63, 3.8) is 0 Å². The summed E-state index contributed by atoms with van der Waals surface area (Å²) >= 11 is 0. The number of nitro benzene ring substituents is 1. The number of amides is 3. The molecule has 12 nitrogen and oxygen atoms in total. The predicted molar refractivity (Wildman–Crippen MR) is 116 cm³/mol. The van der Waals surface area contributed by atoms with Gasteiger partial charge in [0.1, 0.15) is 16.9 Å². The van der Waals surface area contributed by atoms with E-state index in [2.05, 4.69) is 5.32 Å². The zero-order valence-electron chi connectivity index (χ0n) is 18.6. The number of carbonyl (C=O) groups excluding carboxylic acids is 5. The van der Waals surface area contributed by atoms with Crippen molar-refractivity contribution in [3.8, 4) is 0 Å². The highest BCUT2D eigenvalue weighted by Gasteiger charge is 2.40. The van der Waals surface area contributed by atoms with Gasteiger partial charge in [0.25, 0.3) is 17.5 Å². The second-order valence-corrected chi connectivity index (χ2v) is 7.38. The fraction of sp³-hybridized carbons (Fsp3) is 0.318. The average molecular weight is 471 g/mol. The van der Waals surface area contributed by atoms with Crippen LogP contribution in [0.5, 0.6) is 0 Å². The number of carbonyl (C=O) groups is 5. The molecule has 3 rings (SSSR count). The summed E-state index contributed by atoms with van der Waals surface area (Å²) in [7, 11) is 0. The zero-order chi connectivity index (χ0) is 25.2. The highest BCUT2D eigenvalue weighted by atomic mass is 16.6. The Morgan fingerprint density at radius 3 is 2.50 bits per heavy atom. The molecule has 0 saturated carbocycles. The van der Waals surface area contributed by atoms with Crippen LogP contribution in [0.1, 0.15) is 73.9 Å². The van der Waals surface area contributed by atoms with Gasteiger partial charge in [0, 0.05) is 19.0 Å². The number of nitro groups is 1. The number of ether oxygens (including phenoxy) is 1. The number of fused-ring (bicyclic) bond motifs is 1. The Hall–Kier alpha value is -4.35. The fourth-order valence-corrected chi connectivity index (χ4v) is 3.71. The molecule has 1 aliphatic rings. The Labute approximate surface area is 193 Å². The Bertz CT molecular complexity index is 1230. The second kappa shape index (κ2) is 9.65. The number of nitrogens with zero attached hydrogens (tertiary/aromatic N) is 2. The van der Waals surface area contributed by atoms with E-state index < -0.39 is 40.1 Å². The number of hydrogen-bond acceptors (Lipinski definition) is 9. The first kappa shape index (κ1) is 24.3. The molecule has 178 valence electrons. The van der Waals surface area contributed by atoms with E-state index in [1.54, 1.807) is 6.92 Å². The van der Waals surface area contributed by atoms with Crippen LogP contribution >= 0.6 is 0 Å². The van der Waals surface area contributed by atoms with Crippen LogP contribution in [0.25, 0.3) is 0 Å². The molecule has 1 aliphatic heterocycles. The number of benzene rings is 1. The van der Waals surface area contributed by atoms with Gasteiger partial charge in [-0.3, -0.25) is 39.5 Å². The van der Waals surface area contributed by atoms with E-state index in [9.17, 15) is 34.1 Å². The van der Waals surface area contributed by atoms with Crippen LogP contribution in [0.2, 0.25) is 0 Å². The topological polar surface area (TPSA) is 166 Å². The number of ketones is 1. The summed E-state index contributed by atoms with van der Waals surface area (Å²) in [6.45, 7) is 4.20. The van der Waals surface area contributed by atoms with Crippen molar-refractivity contribution in [1.29, 1.82) is 0 Å². The third kappa shape index (κ3) is 4.42. The highest BCUT2D eigenvalue weighted by molar-refractivity contribution is 6.23. The third-order valence-corrected chi connectivity index (χ3v) is 5.13. The molecule has 3 amide bonds. The van der Waals surface area contributed by atoms with Crippen LogP contribution in [0.4, 0.5) is 11.6 Å². The van der Waals surface area contributed by atoms with E-state index >= 15 is 0 Å². The molecule has 0 radical (unpaired) electrons. The standard InChI is InChI=1S/C22H21N3O9/c1-4-33-22(30)18-16(11(2)26)12(3)34-19(18)23-15(27)9-6-10-24-20(28)13-7-5-8-14(25(31)32)17(13)21(24)29/h5,7-8H,4,6,9-10H2,1-3H3,(H,23,27). The van der Waals surface area contributed by atoms with Gasteiger partial charge in [-0.1, -0.05) is 6.07 Å². The molecule has 1 N–H and O–H groups in total. The third-order valence-electron chi connectivity index (χ3n) is 5.13. The number of hydrogen-bond donors (Lipinski definition) is 1. The van der Waals surface area contributed by atoms with E-state index in [4.69, 9.17) is 9.15 Å². The Morgan fingerprint density at radius 1 is 1.18 bits per heavy atom. The van der Waals surface area contributed by atoms with Gasteiger partial charge in [-0.05, 0) is 33.3 Å². The Morgan fingerprint density at radius 2 is 1.88 bits per heavy atom. The maximum Gasteiger partial charge on any atom is 0.344 e. The summed E-state index contributed by atoms with van der Waals surface area (Å²) in [5.74, 6) is -3.44. The Balaban J connectivity index is 1.69. The monoisotopic (exact) mass is 471 g/mol. The van der Waals surface area contributed by atoms with E-state index in [1.807, 2.05) is 0 Å². The quantitative estimate of drug-likeness (QED) is 0.190. The molecular weight excluding hydrogens is 450 g/mol. The van der Waals surface area contributed by atoms with Gasteiger partial charge in [-0.2, -0.15) is 0 Å². The molecule has 0 aliphatic carbocycles. The summed E-state index contributed by atoms with van der Waals surface area (Å²) in [5, 5.41) is 13.6. The molecule has 0 unspecified atom stereocenters. The lowest BCUT2D eigenvalue weighted by Crippen LogP contribution is -2.31. The minimum atomic E-state index is -0.826. The second-order valence-electron chi connectivity index (χ2n) is 7.38. The number of aryl methyl sites for hydroxylation is 1. The summed E-state index contributed by atoms with van der Waals surface area (Å²) in [6, 6.07) is 3.79. The first-order chi connectivity index (χ1) is 16.1. The molecule has 34 heavy (non-hydrogen) atoms. The number of anilines is 1. The molecule has 0 atom stereocenters. The van der Waals surface area contributed by atoms with Crippen molar-refractivity contribution in [2.24, 2.45) is 0 Å². The molecular formula is C22H21N3O9. The molecule has 12 heteroatoms. The smallest absolute Gasteiger partial charge is 0.344 e. The number of nitrogens with one attached hydrogen (secondary N) is 1. The molecule has 0 spiro atoms. The van der Waals surface area contributed by atoms with Crippen LogP contribution < -0.4 is 5.32 Å². The van der Waals surface area contributed by atoms with Gasteiger partial charge in [0.15, 0.2) is 5.78 Å². The van der Waals surface area contributed by atoms with Crippen molar-refractivity contribution in [2.75, 3.05) is 18.5 Å². The molecule has 1 aromatic heterocycles. The largest absolute Gasteiger partial charge is 0.462 e. The number of rotatable bonds is 9. The van der Waals surface area contributed by atoms with Gasteiger partial charge in [-0.15, -0.1) is 0 Å². The number of Topliss-reactive ketones (excluding diaryl/α,β-unsaturated/α-hetero) is 1. The average Bonchev–Trinajstić information content (AvgIpc) is 3.22. The first-order valence-corrected chi connectivity index (χ1v) is 10.3. The van der Waals surface area contributed by atoms with Crippen molar-refractivity contribution < 1.29 is 38.1 Å². The minimum Gasteiger partial charge on any atom is -0.462 e. The van der Waals surface area contributed by atoms with E-state index in [0.717, 1.165) is 11.0 Å². The molecule has 0 saturated heterocycles. The lowest BCUT2D eigenvalue weighted by Gasteiger charge is -2.13. The van der Waals surface area contributed by atoms with Crippen LogP contribution in [0.3, 0.4) is 0 Å². The van der Waals surface area contributed by atoms with Crippen molar-refractivity contribution in [1.82, 2.24) is 4.90 Å². The van der Waals surface area contributed by atoms with E-state index in [1.165, 1.54) is 26.0 Å². The maximum atomic E-state index is 12.6. The van der Waals surface area contributed by atoms with Gasteiger partial charge in [-0.25, -0.2) is 4.79 Å². The number of imide groups is 1. The van der Waals surface area contributed by atoms with Gasteiger partial charge in [0.05, 0.1) is 22.7 Å². The molecule has 2 heterocycles. The van der Waals surface area contributed by atoms with Gasteiger partial charge >= 0.3 is 5.97 Å². The molecule has 2 aromatic rings. The van der Waals surface area contributed by atoms with Crippen molar-refractivity contribution in [3.05, 3.63) is 56.3 Å². The lowest BCUT2D eigenvalue weighted by molar-refractivity contribution is -0.385. The summed E-state index contributed by atoms with van der Waals surface area (Å²) in [6.07, 6.45) is -0.133. The Kier molecular flexibility index (Phi) is 6.89. The summed E-state index contributed by atoms with van der Waals surface area (Å²) in [5.41, 5.74) is -0.985. The maximum absolute atomic E-state index is 12.6. The first-order valence-electron chi connectivity index (χ1n) is 10.3. The number of furan rings is 1. The number of esters is 1. The van der Waals surface area contributed by atoms with E-state index in [-0.39, 0.29) is 59.9 Å². The van der Waals surface area contributed by atoms with Crippen molar-refractivity contribution in [2.45, 2.75) is 33.6 Å². The van der Waals surface area contributed by atoms with Gasteiger partial charge < -0.3 is 9.15 Å². The summed E-state index contributed by atoms with van der Waals surface area (Å²) in [4.78, 5) is 73.1. The SMILES string of the molecule is CCOC(=O)c1c(NC(=O)CCCN2C(=O)c3cccc([N+](=O)[O-])c3C2=O)oc(C)c1C(C)=O. The zero-order valence-corrected chi connectivity index (χ0v) is 18.6. The molecule has 0 fully saturated rings. The van der Waals surface area contributed by atoms with Crippen molar-refractivity contribution >= 4 is 41.0 Å². The fourth-order valence-electron chi connectivity index (χ4n) is 3.71. The van der Waals surface area contributed by atoms with Gasteiger partial charge in [0.2, 0.25) is 11.8 Å². The normalized spacial score (nSPS) is 12.5. The van der Waals surface area contributed by atoms with Crippen LogP contribution in [0.15, 0.2) is 22.6 Å². The predicted octanol–water partition coefficient (Wildman–Crippen LogP) is 2.89. The lowest BCUT2D eigenvalue weighted by atomic mass is 10.1. The molecule has 1 aromatic carbocycles. The van der Waals surface area contributed by atoms with Crippen LogP contribution in [0, 0.1) is 17.0 Å². The highest BCUT2D eigenvalue weighted by Crippen LogP contribution is 2.31. The minimum absolute atomic E-state index is 0.00127. The van der Waals surface area contributed by atoms with Crippen LogP contribution in [-0.2, 0) is 9.53 Å².